The van der Waals surface area contributed by atoms with Gasteiger partial charge in [-0.2, -0.15) is 0 Å². The summed E-state index contributed by atoms with van der Waals surface area (Å²) in [6, 6.07) is 10.6. The first kappa shape index (κ1) is 14.1. The predicted octanol–water partition coefficient (Wildman–Crippen LogP) is 4.00. The summed E-state index contributed by atoms with van der Waals surface area (Å²) < 4.78 is 5.20. The zero-order valence-electron chi connectivity index (χ0n) is 11.7. The molecule has 2 rings (SSSR count). The molecule has 0 saturated carbocycles. The quantitative estimate of drug-likeness (QED) is 0.895. The van der Waals surface area contributed by atoms with E-state index < -0.39 is 0 Å². The molecule has 19 heavy (non-hydrogen) atoms. The van der Waals surface area contributed by atoms with Crippen molar-refractivity contribution in [2.75, 3.05) is 7.11 Å². The van der Waals surface area contributed by atoms with E-state index in [1.54, 1.807) is 18.4 Å². The van der Waals surface area contributed by atoms with Crippen LogP contribution in [0.1, 0.15) is 35.9 Å². The van der Waals surface area contributed by atoms with E-state index in [1.165, 1.54) is 5.56 Å². The van der Waals surface area contributed by atoms with Crippen LogP contribution in [0.3, 0.4) is 0 Å². The highest BCUT2D eigenvalue weighted by Crippen LogP contribution is 2.29. The number of thiophene rings is 1. The predicted molar refractivity (Wildman–Crippen MR) is 81.9 cm³/mol. The van der Waals surface area contributed by atoms with Gasteiger partial charge in [0.05, 0.1) is 13.2 Å². The summed E-state index contributed by atoms with van der Waals surface area (Å²) in [6.45, 7) is 4.47. The van der Waals surface area contributed by atoms with Crippen LogP contribution in [-0.4, -0.2) is 7.11 Å². The average molecular weight is 275 g/mol. The van der Waals surface area contributed by atoms with Crippen LogP contribution in [0.15, 0.2) is 35.7 Å². The molecule has 1 heterocycles. The number of ether oxygens (including phenoxy) is 1. The second kappa shape index (κ2) is 6.22. The van der Waals surface area contributed by atoms with Gasteiger partial charge in [-0.15, -0.1) is 11.3 Å². The van der Waals surface area contributed by atoms with Crippen molar-refractivity contribution in [3.8, 4) is 5.75 Å². The zero-order valence-corrected chi connectivity index (χ0v) is 12.5. The molecule has 1 aromatic heterocycles. The maximum absolute atomic E-state index is 6.29. The molecule has 0 spiro atoms. The van der Waals surface area contributed by atoms with E-state index >= 15 is 0 Å². The van der Waals surface area contributed by atoms with E-state index in [9.17, 15) is 0 Å². The number of hydrogen-bond acceptors (Lipinski definition) is 3. The summed E-state index contributed by atoms with van der Waals surface area (Å²) in [6.07, 6.45) is 1.11. The Labute approximate surface area is 119 Å². The largest absolute Gasteiger partial charge is 0.496 e. The van der Waals surface area contributed by atoms with Crippen molar-refractivity contribution in [2.45, 2.75) is 26.3 Å². The Bertz CT molecular complexity index is 516. The van der Waals surface area contributed by atoms with Crippen LogP contribution in [0, 0.1) is 5.92 Å². The summed E-state index contributed by atoms with van der Waals surface area (Å²) in [5.74, 6) is 1.56. The molecule has 0 radical (unpaired) electrons. The minimum absolute atomic E-state index is 0.0676. The van der Waals surface area contributed by atoms with Crippen molar-refractivity contribution in [1.82, 2.24) is 0 Å². The van der Waals surface area contributed by atoms with Gasteiger partial charge in [0, 0.05) is 10.3 Å². The molecule has 3 heteroatoms. The molecule has 0 aliphatic rings. The van der Waals surface area contributed by atoms with Crippen molar-refractivity contribution >= 4 is 11.3 Å². The second-order valence-corrected chi connectivity index (χ2v) is 6.15. The van der Waals surface area contributed by atoms with Crippen molar-refractivity contribution in [3.05, 3.63) is 51.7 Å². The SMILES string of the molecule is COc1csc(C(N)c2ccc(CC(C)C)cc2)c1. The van der Waals surface area contributed by atoms with Crippen LogP contribution in [0.2, 0.25) is 0 Å². The smallest absolute Gasteiger partial charge is 0.129 e. The van der Waals surface area contributed by atoms with E-state index in [-0.39, 0.29) is 6.04 Å². The lowest BCUT2D eigenvalue weighted by molar-refractivity contribution is 0.416. The molecule has 0 amide bonds. The molecule has 0 aliphatic carbocycles. The van der Waals surface area contributed by atoms with Crippen molar-refractivity contribution in [2.24, 2.45) is 11.7 Å². The summed E-state index contributed by atoms with van der Waals surface area (Å²) in [5, 5.41) is 1.99. The van der Waals surface area contributed by atoms with E-state index in [4.69, 9.17) is 10.5 Å². The lowest BCUT2D eigenvalue weighted by Gasteiger charge is -2.11. The van der Waals surface area contributed by atoms with Crippen molar-refractivity contribution in [1.29, 1.82) is 0 Å². The summed E-state index contributed by atoms with van der Waals surface area (Å²) in [7, 11) is 1.68. The van der Waals surface area contributed by atoms with E-state index in [2.05, 4.69) is 38.1 Å². The first-order chi connectivity index (χ1) is 9.10. The highest BCUT2D eigenvalue weighted by molar-refractivity contribution is 7.10. The van der Waals surface area contributed by atoms with Crippen molar-refractivity contribution < 1.29 is 4.74 Å². The standard InChI is InChI=1S/C16H21NOS/c1-11(2)8-12-4-6-13(7-5-12)16(17)15-9-14(18-3)10-19-15/h4-7,9-11,16H,8,17H2,1-3H3. The average Bonchev–Trinajstić information content (AvgIpc) is 2.87. The first-order valence-corrected chi connectivity index (χ1v) is 7.45. The Morgan fingerprint density at radius 2 is 1.89 bits per heavy atom. The van der Waals surface area contributed by atoms with Crippen LogP contribution < -0.4 is 10.5 Å². The minimum atomic E-state index is -0.0676. The van der Waals surface area contributed by atoms with Crippen LogP contribution in [0.5, 0.6) is 5.75 Å². The summed E-state index contributed by atoms with van der Waals surface area (Å²) in [5.41, 5.74) is 8.81. The van der Waals surface area contributed by atoms with Crippen molar-refractivity contribution in [3.63, 3.8) is 0 Å². The Hall–Kier alpha value is -1.32. The number of rotatable bonds is 5. The minimum Gasteiger partial charge on any atom is -0.496 e. The molecule has 1 atom stereocenters. The number of benzene rings is 1. The van der Waals surface area contributed by atoms with Gasteiger partial charge in [-0.05, 0) is 29.5 Å². The lowest BCUT2D eigenvalue weighted by atomic mass is 9.99. The molecule has 0 bridgehead atoms. The van der Waals surface area contributed by atoms with Gasteiger partial charge in [-0.25, -0.2) is 0 Å². The van der Waals surface area contributed by atoms with Gasteiger partial charge in [-0.3, -0.25) is 0 Å². The number of methoxy groups -OCH3 is 1. The highest BCUT2D eigenvalue weighted by atomic mass is 32.1. The third-order valence-corrected chi connectivity index (χ3v) is 4.11. The van der Waals surface area contributed by atoms with Gasteiger partial charge in [0.1, 0.15) is 5.75 Å². The fourth-order valence-corrected chi connectivity index (χ4v) is 2.98. The van der Waals surface area contributed by atoms with Gasteiger partial charge in [0.2, 0.25) is 0 Å². The van der Waals surface area contributed by atoms with Crippen LogP contribution >= 0.6 is 11.3 Å². The van der Waals surface area contributed by atoms with Gasteiger partial charge in [-0.1, -0.05) is 38.1 Å². The molecule has 102 valence electrons. The van der Waals surface area contributed by atoms with Gasteiger partial charge < -0.3 is 10.5 Å². The molecule has 2 aromatic rings. The van der Waals surface area contributed by atoms with E-state index in [0.717, 1.165) is 22.6 Å². The Balaban J connectivity index is 2.12. The summed E-state index contributed by atoms with van der Waals surface area (Å²) in [4.78, 5) is 1.13. The third kappa shape index (κ3) is 3.58. The Morgan fingerprint density at radius 3 is 2.42 bits per heavy atom. The topological polar surface area (TPSA) is 35.2 Å². The molecule has 1 aromatic carbocycles. The molecule has 1 unspecified atom stereocenters. The van der Waals surface area contributed by atoms with Gasteiger partial charge in [0.25, 0.3) is 0 Å². The highest BCUT2D eigenvalue weighted by Gasteiger charge is 2.12. The van der Waals surface area contributed by atoms with Crippen LogP contribution in [-0.2, 0) is 6.42 Å². The maximum Gasteiger partial charge on any atom is 0.129 e. The monoisotopic (exact) mass is 275 g/mol. The normalized spacial score (nSPS) is 12.7. The number of hydrogen-bond donors (Lipinski definition) is 1. The fraction of sp³-hybridized carbons (Fsp3) is 0.375. The molecule has 0 aliphatic heterocycles. The molecule has 0 saturated heterocycles. The second-order valence-electron chi connectivity index (χ2n) is 5.21. The first-order valence-electron chi connectivity index (χ1n) is 6.57. The molecule has 2 N–H and O–H groups in total. The molecule has 2 nitrogen and oxygen atoms in total. The van der Waals surface area contributed by atoms with Gasteiger partial charge in [0.15, 0.2) is 0 Å². The molecule has 0 fully saturated rings. The molecular weight excluding hydrogens is 254 g/mol. The fourth-order valence-electron chi connectivity index (χ4n) is 2.10. The summed E-state index contributed by atoms with van der Waals surface area (Å²) >= 11 is 1.64. The maximum atomic E-state index is 6.29. The lowest BCUT2D eigenvalue weighted by Crippen LogP contribution is -2.10. The van der Waals surface area contributed by atoms with E-state index in [0.29, 0.717) is 5.92 Å². The third-order valence-electron chi connectivity index (χ3n) is 3.12. The molecular formula is C16H21NOS. The van der Waals surface area contributed by atoms with Crippen LogP contribution in [0.4, 0.5) is 0 Å². The van der Waals surface area contributed by atoms with Gasteiger partial charge >= 0.3 is 0 Å². The Kier molecular flexibility index (Phi) is 4.61. The van der Waals surface area contributed by atoms with E-state index in [1.807, 2.05) is 11.4 Å². The number of nitrogens with two attached hydrogens (primary N) is 1. The zero-order chi connectivity index (χ0) is 13.8. The Morgan fingerprint density at radius 1 is 1.21 bits per heavy atom. The van der Waals surface area contributed by atoms with Crippen LogP contribution in [0.25, 0.3) is 0 Å².